The number of fused-ring (bicyclic) bond motifs is 1. The van der Waals surface area contributed by atoms with Gasteiger partial charge in [-0.1, -0.05) is 6.92 Å². The van der Waals surface area contributed by atoms with Crippen molar-refractivity contribution < 1.29 is 32.1 Å². The number of phenolic OH excluding ortho intramolecular Hbond substituents is 1. The first-order valence-corrected chi connectivity index (χ1v) is 6.80. The molecule has 0 saturated heterocycles. The maximum Gasteiger partial charge on any atom is 0.501 e. The van der Waals surface area contributed by atoms with Gasteiger partial charge < -0.3 is 18.8 Å². The molecular weight excluding hydrogens is 278 g/mol. The van der Waals surface area contributed by atoms with Crippen LogP contribution >= 0.6 is 0 Å². The molecule has 0 spiro atoms. The van der Waals surface area contributed by atoms with Crippen molar-refractivity contribution in [3.63, 3.8) is 0 Å². The second-order valence-corrected chi connectivity index (χ2v) is 5.01. The lowest BCUT2D eigenvalue weighted by atomic mass is 9.98. The molecule has 1 heterocycles. The largest absolute Gasteiger partial charge is 0.504 e. The molecule has 1 aliphatic rings. The van der Waals surface area contributed by atoms with Gasteiger partial charge in [-0.3, -0.25) is 0 Å². The molecule has 0 bridgehead atoms. The van der Waals surface area contributed by atoms with E-state index in [1.54, 1.807) is 6.07 Å². The highest BCUT2D eigenvalue weighted by Gasteiger charge is 2.29. The molecule has 2 rings (SSSR count). The first kappa shape index (κ1) is 11.5. The highest BCUT2D eigenvalue weighted by molar-refractivity contribution is 5.65. The lowest BCUT2D eigenvalue weighted by Crippen LogP contribution is -2.36. The molecule has 1 aromatic rings. The number of phenols is 1. The van der Waals surface area contributed by atoms with E-state index in [0.717, 1.165) is 11.3 Å². The summed E-state index contributed by atoms with van der Waals surface area (Å²) in [6, 6.07) is 3.33. The summed E-state index contributed by atoms with van der Waals surface area (Å²) in [6.07, 6.45) is 0. The number of rotatable bonds is 2. The predicted octanol–water partition coefficient (Wildman–Crippen LogP) is -0.225. The summed E-state index contributed by atoms with van der Waals surface area (Å²) in [4.78, 5) is 0. The Bertz CT molecular complexity index is 410. The Kier molecular flexibility index (Phi) is 2.96. The van der Waals surface area contributed by atoms with Crippen molar-refractivity contribution in [3.05, 3.63) is 17.7 Å². The molecule has 0 fully saturated rings. The number of benzene rings is 1. The second-order valence-electron chi connectivity index (χ2n) is 3.90. The Morgan fingerprint density at radius 3 is 2.69 bits per heavy atom. The van der Waals surface area contributed by atoms with Gasteiger partial charge in [0.25, 0.3) is 5.75 Å². The number of anilines is 1. The third-order valence-corrected chi connectivity index (χ3v) is 3.51. The highest BCUT2D eigenvalue weighted by atomic mass is 80.0. The molecule has 0 amide bonds. The molecule has 2 atom stereocenters. The molecule has 1 aliphatic heterocycles. The van der Waals surface area contributed by atoms with Crippen molar-refractivity contribution in [2.24, 2.45) is 0 Å². The molecule has 6 heteroatoms. The predicted molar refractivity (Wildman–Crippen MR) is 50.2 cm³/mol. The van der Waals surface area contributed by atoms with Crippen LogP contribution in [0.3, 0.4) is 0 Å². The fraction of sp³-hybridized carbons (Fsp3) is 0.400. The minimum atomic E-state index is -3.36. The standard InChI is InChI=1S/C10H12BrNO4/c1-5-6(2)12-8-4-10(16-11(14)15)9(13)3-7(5)8/h3-6,12-13H,1-2H3. The smallest absolute Gasteiger partial charge is 0.501 e. The van der Waals surface area contributed by atoms with Crippen LogP contribution in [0.15, 0.2) is 12.1 Å². The van der Waals surface area contributed by atoms with Gasteiger partial charge in [-0.2, -0.15) is 0 Å². The van der Waals surface area contributed by atoms with Crippen LogP contribution in [-0.4, -0.2) is 11.1 Å². The Hall–Kier alpha value is -0.980. The highest BCUT2D eigenvalue weighted by Crippen LogP contribution is 2.42. The van der Waals surface area contributed by atoms with Gasteiger partial charge in [-0.15, -0.1) is 3.83 Å². The second kappa shape index (κ2) is 4.12. The van der Waals surface area contributed by atoms with E-state index in [2.05, 4.69) is 9.15 Å². The van der Waals surface area contributed by atoms with Gasteiger partial charge in [0.1, 0.15) is 0 Å². The van der Waals surface area contributed by atoms with Crippen molar-refractivity contribution in [3.8, 4) is 11.5 Å². The van der Waals surface area contributed by atoms with Gasteiger partial charge in [-0.25, -0.2) is 0 Å². The minimum Gasteiger partial charge on any atom is -0.504 e. The zero-order valence-electron chi connectivity index (χ0n) is 8.86. The maximum atomic E-state index is 10.5. The fourth-order valence-corrected chi connectivity index (χ4v) is 2.40. The normalized spacial score (nSPS) is 23.1. The fourth-order valence-electron chi connectivity index (χ4n) is 1.86. The first-order valence-electron chi connectivity index (χ1n) is 4.86. The van der Waals surface area contributed by atoms with E-state index in [4.69, 9.17) is 0 Å². The van der Waals surface area contributed by atoms with Crippen molar-refractivity contribution >= 4 is 5.69 Å². The topological polar surface area (TPSA) is 87.6 Å². The third-order valence-electron chi connectivity index (χ3n) is 2.90. The number of hydrogen-bond acceptors (Lipinski definition) is 5. The van der Waals surface area contributed by atoms with Crippen LogP contribution in [-0.2, 0) is 0 Å². The average Bonchev–Trinajstić information content (AvgIpc) is 2.44. The average molecular weight is 290 g/mol. The van der Waals surface area contributed by atoms with Gasteiger partial charge in [0.05, 0.1) is 0 Å². The number of aromatic hydroxyl groups is 1. The lowest BCUT2D eigenvalue weighted by molar-refractivity contribution is -1.62. The van der Waals surface area contributed by atoms with Gasteiger partial charge >= 0.3 is 14.8 Å². The Morgan fingerprint density at radius 2 is 2.06 bits per heavy atom. The molecule has 2 unspecified atom stereocenters. The van der Waals surface area contributed by atoms with Crippen molar-refractivity contribution in [1.82, 2.24) is 0 Å². The number of nitrogens with one attached hydrogen (secondary N) is 1. The van der Waals surface area contributed by atoms with Crippen LogP contribution in [0.2, 0.25) is 0 Å². The maximum absolute atomic E-state index is 10.5. The van der Waals surface area contributed by atoms with Crippen LogP contribution in [0.1, 0.15) is 25.3 Å². The molecule has 1 aromatic carbocycles. The number of hydrogen-bond donors (Lipinski definition) is 2. The quantitative estimate of drug-likeness (QED) is 0.735. The Labute approximate surface area is 98.5 Å². The van der Waals surface area contributed by atoms with Crippen LogP contribution in [0.5, 0.6) is 11.5 Å². The first-order chi connectivity index (χ1) is 7.49. The number of halogens is 1. The van der Waals surface area contributed by atoms with Crippen molar-refractivity contribution in [1.29, 1.82) is 0 Å². The van der Waals surface area contributed by atoms with Crippen LogP contribution in [0.4, 0.5) is 5.69 Å². The van der Waals surface area contributed by atoms with E-state index in [0.29, 0.717) is 0 Å². The van der Waals surface area contributed by atoms with E-state index < -0.39 is 14.8 Å². The van der Waals surface area contributed by atoms with Crippen LogP contribution in [0, 0.1) is 14.8 Å². The summed E-state index contributed by atoms with van der Waals surface area (Å²) < 4.78 is 25.5. The molecule has 16 heavy (non-hydrogen) atoms. The summed E-state index contributed by atoms with van der Waals surface area (Å²) in [5.74, 6) is 0.114. The zero-order valence-corrected chi connectivity index (χ0v) is 10.4. The molecule has 0 aromatic heterocycles. The summed E-state index contributed by atoms with van der Waals surface area (Å²) in [5, 5.41) is 12.8. The molecule has 0 radical (unpaired) electrons. The van der Waals surface area contributed by atoms with Crippen molar-refractivity contribution in [2.75, 3.05) is 5.32 Å². The Morgan fingerprint density at radius 1 is 1.38 bits per heavy atom. The van der Waals surface area contributed by atoms with Gasteiger partial charge in [-0.05, 0) is 18.6 Å². The van der Waals surface area contributed by atoms with E-state index in [-0.39, 0.29) is 23.5 Å². The lowest BCUT2D eigenvalue weighted by Gasteiger charge is -2.08. The minimum absolute atomic E-state index is 0.0208. The van der Waals surface area contributed by atoms with Crippen LogP contribution in [0.25, 0.3) is 0 Å². The summed E-state index contributed by atoms with van der Waals surface area (Å²) in [5.41, 5.74) is 1.79. The molecular formula is C10H12BrNO4. The monoisotopic (exact) mass is 289 g/mol. The molecule has 2 N–H and O–H groups in total. The summed E-state index contributed by atoms with van der Waals surface area (Å²) in [6.45, 7) is 4.07. The van der Waals surface area contributed by atoms with E-state index >= 15 is 0 Å². The molecule has 0 saturated carbocycles. The zero-order chi connectivity index (χ0) is 11.9. The SMILES string of the molecule is CC1Nc2cc(O[Br+2]([O-])[O-])c(O)cc2C1C. The van der Waals surface area contributed by atoms with Crippen LogP contribution < -0.4 is 17.5 Å². The van der Waals surface area contributed by atoms with Gasteiger partial charge in [0.2, 0.25) is 0 Å². The van der Waals surface area contributed by atoms with Crippen molar-refractivity contribution in [2.45, 2.75) is 25.8 Å². The van der Waals surface area contributed by atoms with E-state index in [1.807, 2.05) is 13.8 Å². The Balaban J connectivity index is 2.37. The van der Waals surface area contributed by atoms with E-state index in [9.17, 15) is 13.5 Å². The summed E-state index contributed by atoms with van der Waals surface area (Å²) >= 11 is -3.36. The third kappa shape index (κ3) is 1.95. The van der Waals surface area contributed by atoms with Gasteiger partial charge in [0, 0.05) is 23.7 Å². The van der Waals surface area contributed by atoms with E-state index in [1.165, 1.54) is 6.07 Å². The van der Waals surface area contributed by atoms with Gasteiger partial charge in [0.15, 0.2) is 5.75 Å². The molecule has 88 valence electrons. The molecule has 5 nitrogen and oxygen atoms in total. The summed E-state index contributed by atoms with van der Waals surface area (Å²) in [7, 11) is 0. The molecule has 0 aliphatic carbocycles.